The van der Waals surface area contributed by atoms with Crippen LogP contribution in [0.2, 0.25) is 5.02 Å². The minimum atomic E-state index is 0.568. The van der Waals surface area contributed by atoms with E-state index < -0.39 is 0 Å². The first kappa shape index (κ1) is 15.8. The van der Waals surface area contributed by atoms with E-state index in [1.807, 2.05) is 60.0 Å². The second kappa shape index (κ2) is 6.98. The van der Waals surface area contributed by atoms with Gasteiger partial charge in [0, 0.05) is 17.1 Å². The second-order valence-electron chi connectivity index (χ2n) is 5.01. The quantitative estimate of drug-likeness (QED) is 0.689. The van der Waals surface area contributed by atoms with Crippen molar-refractivity contribution in [1.29, 1.82) is 0 Å². The summed E-state index contributed by atoms with van der Waals surface area (Å²) in [6.45, 7) is 2.61. The third-order valence-corrected chi connectivity index (χ3v) is 3.95. The molecule has 23 heavy (non-hydrogen) atoms. The molecule has 3 aromatic rings. The highest BCUT2D eigenvalue weighted by Crippen LogP contribution is 2.19. The summed E-state index contributed by atoms with van der Waals surface area (Å²) in [6.07, 6.45) is 0.664. The van der Waals surface area contributed by atoms with E-state index in [4.69, 9.17) is 28.6 Å². The van der Waals surface area contributed by atoms with Gasteiger partial charge in [0.2, 0.25) is 0 Å². The van der Waals surface area contributed by atoms with E-state index in [1.54, 1.807) is 0 Å². The van der Waals surface area contributed by atoms with Gasteiger partial charge in [0.15, 0.2) is 4.77 Å². The van der Waals surface area contributed by atoms with Crippen LogP contribution in [0.25, 0.3) is 5.69 Å². The van der Waals surface area contributed by atoms with E-state index in [1.165, 1.54) is 0 Å². The number of nitrogens with zero attached hydrogens (tertiary/aromatic N) is 2. The molecule has 0 bridgehead atoms. The first-order valence-electron chi connectivity index (χ1n) is 7.31. The zero-order chi connectivity index (χ0) is 16.2. The maximum atomic E-state index is 5.93. The number of H-pyrrole nitrogens is 1. The van der Waals surface area contributed by atoms with Crippen LogP contribution in [0.1, 0.15) is 18.3 Å². The highest BCUT2D eigenvalue weighted by molar-refractivity contribution is 7.71. The molecular formula is C17H16ClN3OS. The summed E-state index contributed by atoms with van der Waals surface area (Å²) in [5.74, 6) is 1.69. The molecule has 0 aliphatic rings. The summed E-state index contributed by atoms with van der Waals surface area (Å²) >= 11 is 11.3. The van der Waals surface area contributed by atoms with Gasteiger partial charge in [-0.25, -0.2) is 0 Å². The molecule has 0 radical (unpaired) electrons. The lowest BCUT2D eigenvalue weighted by molar-refractivity contribution is 0.340. The summed E-state index contributed by atoms with van der Waals surface area (Å²) in [6, 6.07) is 15.5. The van der Waals surface area contributed by atoms with Gasteiger partial charge in [0.05, 0.1) is 6.61 Å². The zero-order valence-corrected chi connectivity index (χ0v) is 14.2. The standard InChI is InChI=1S/C17H16ClN3OS/c1-2-22-15-9-7-14(8-10-15)21-16(19-20-17(21)23)11-12-3-5-13(18)6-4-12/h3-10H,2,11H2,1H3,(H,20,23). The van der Waals surface area contributed by atoms with Crippen molar-refractivity contribution >= 4 is 23.8 Å². The Morgan fingerprint density at radius 3 is 2.48 bits per heavy atom. The molecule has 1 aromatic heterocycles. The Hall–Kier alpha value is -2.11. The third-order valence-electron chi connectivity index (χ3n) is 3.42. The summed E-state index contributed by atoms with van der Waals surface area (Å²) in [5.41, 5.74) is 2.08. The predicted molar refractivity (Wildman–Crippen MR) is 94.2 cm³/mol. The average molecular weight is 346 g/mol. The molecule has 0 amide bonds. The monoisotopic (exact) mass is 345 g/mol. The molecule has 0 saturated carbocycles. The van der Waals surface area contributed by atoms with Crippen LogP contribution in [-0.2, 0) is 6.42 Å². The van der Waals surface area contributed by atoms with Gasteiger partial charge in [-0.1, -0.05) is 23.7 Å². The van der Waals surface area contributed by atoms with Gasteiger partial charge < -0.3 is 4.74 Å². The first-order chi connectivity index (χ1) is 11.2. The van der Waals surface area contributed by atoms with E-state index >= 15 is 0 Å². The van der Waals surface area contributed by atoms with Crippen molar-refractivity contribution in [3.8, 4) is 11.4 Å². The Kier molecular flexibility index (Phi) is 4.79. The van der Waals surface area contributed by atoms with Gasteiger partial charge in [-0.2, -0.15) is 5.10 Å². The fourth-order valence-corrected chi connectivity index (χ4v) is 2.74. The second-order valence-corrected chi connectivity index (χ2v) is 5.83. The molecule has 0 fully saturated rings. The zero-order valence-electron chi connectivity index (χ0n) is 12.6. The predicted octanol–water partition coefficient (Wildman–Crippen LogP) is 4.57. The summed E-state index contributed by atoms with van der Waals surface area (Å²) in [7, 11) is 0. The highest BCUT2D eigenvalue weighted by Gasteiger charge is 2.09. The van der Waals surface area contributed by atoms with Crippen LogP contribution in [0.5, 0.6) is 5.75 Å². The molecule has 0 aliphatic carbocycles. The van der Waals surface area contributed by atoms with Gasteiger partial charge >= 0.3 is 0 Å². The Balaban J connectivity index is 1.92. The van der Waals surface area contributed by atoms with Crippen molar-refractivity contribution in [1.82, 2.24) is 14.8 Å². The number of halogens is 1. The topological polar surface area (TPSA) is 42.8 Å². The Morgan fingerprint density at radius 2 is 1.83 bits per heavy atom. The van der Waals surface area contributed by atoms with E-state index in [0.29, 0.717) is 17.8 Å². The van der Waals surface area contributed by atoms with Crippen LogP contribution in [0.4, 0.5) is 0 Å². The van der Waals surface area contributed by atoms with Crippen molar-refractivity contribution in [2.24, 2.45) is 0 Å². The number of ether oxygens (including phenoxy) is 1. The smallest absolute Gasteiger partial charge is 0.199 e. The van der Waals surface area contributed by atoms with Crippen LogP contribution < -0.4 is 4.74 Å². The van der Waals surface area contributed by atoms with Crippen molar-refractivity contribution < 1.29 is 4.74 Å². The summed E-state index contributed by atoms with van der Waals surface area (Å²) in [4.78, 5) is 0. The maximum absolute atomic E-state index is 5.93. The van der Waals surface area contributed by atoms with Crippen molar-refractivity contribution in [2.75, 3.05) is 6.61 Å². The van der Waals surface area contributed by atoms with Crippen LogP contribution in [0.15, 0.2) is 48.5 Å². The van der Waals surface area contributed by atoms with Crippen LogP contribution in [0.3, 0.4) is 0 Å². The fraction of sp³-hybridized carbons (Fsp3) is 0.176. The van der Waals surface area contributed by atoms with E-state index in [0.717, 1.165) is 27.8 Å². The number of aromatic amines is 1. The number of nitrogens with one attached hydrogen (secondary N) is 1. The highest BCUT2D eigenvalue weighted by atomic mass is 35.5. The average Bonchev–Trinajstić information content (AvgIpc) is 2.91. The molecule has 2 aromatic carbocycles. The summed E-state index contributed by atoms with van der Waals surface area (Å²) in [5, 5.41) is 7.94. The lowest BCUT2D eigenvalue weighted by atomic mass is 10.1. The largest absolute Gasteiger partial charge is 0.494 e. The number of aromatic nitrogens is 3. The molecule has 0 atom stereocenters. The first-order valence-corrected chi connectivity index (χ1v) is 8.10. The number of rotatable bonds is 5. The molecule has 4 nitrogen and oxygen atoms in total. The molecule has 0 spiro atoms. The number of benzene rings is 2. The maximum Gasteiger partial charge on any atom is 0.199 e. The van der Waals surface area contributed by atoms with Crippen LogP contribution in [-0.4, -0.2) is 21.4 Å². The molecule has 0 unspecified atom stereocenters. The van der Waals surface area contributed by atoms with Crippen molar-refractivity contribution in [3.05, 3.63) is 69.7 Å². The van der Waals surface area contributed by atoms with Gasteiger partial charge in [0.1, 0.15) is 11.6 Å². The lowest BCUT2D eigenvalue weighted by Crippen LogP contribution is -2.03. The third kappa shape index (κ3) is 3.63. The molecule has 6 heteroatoms. The minimum absolute atomic E-state index is 0.568. The molecule has 3 rings (SSSR count). The lowest BCUT2D eigenvalue weighted by Gasteiger charge is -2.08. The molecule has 1 N–H and O–H groups in total. The fourth-order valence-electron chi connectivity index (χ4n) is 2.36. The van der Waals surface area contributed by atoms with E-state index in [-0.39, 0.29) is 0 Å². The minimum Gasteiger partial charge on any atom is -0.494 e. The molecule has 0 saturated heterocycles. The van der Waals surface area contributed by atoms with Gasteiger partial charge in [-0.3, -0.25) is 9.67 Å². The van der Waals surface area contributed by atoms with Crippen molar-refractivity contribution in [2.45, 2.75) is 13.3 Å². The summed E-state index contributed by atoms with van der Waals surface area (Å²) < 4.78 is 7.97. The van der Waals surface area contributed by atoms with Crippen LogP contribution in [0, 0.1) is 4.77 Å². The normalized spacial score (nSPS) is 10.7. The van der Waals surface area contributed by atoms with Crippen molar-refractivity contribution in [3.63, 3.8) is 0 Å². The Bertz CT molecular complexity index is 838. The van der Waals surface area contributed by atoms with Gasteiger partial charge in [0.25, 0.3) is 0 Å². The Labute approximate surface area is 144 Å². The van der Waals surface area contributed by atoms with E-state index in [9.17, 15) is 0 Å². The SMILES string of the molecule is CCOc1ccc(-n2c(Cc3ccc(Cl)cc3)n[nH]c2=S)cc1. The molecule has 1 heterocycles. The Morgan fingerprint density at radius 1 is 1.13 bits per heavy atom. The number of hydrogen-bond acceptors (Lipinski definition) is 3. The molecule has 118 valence electrons. The number of hydrogen-bond donors (Lipinski definition) is 1. The molecule has 0 aliphatic heterocycles. The van der Waals surface area contributed by atoms with Gasteiger partial charge in [-0.05, 0) is 61.1 Å². The van der Waals surface area contributed by atoms with Crippen LogP contribution >= 0.6 is 23.8 Å². The molecular weight excluding hydrogens is 330 g/mol. The van der Waals surface area contributed by atoms with E-state index in [2.05, 4.69) is 10.2 Å². The van der Waals surface area contributed by atoms with Gasteiger partial charge in [-0.15, -0.1) is 0 Å².